The molecule has 0 heterocycles. The fourth-order valence-corrected chi connectivity index (χ4v) is 1.87. The molecular formula is C16H22N2O3. The van der Waals surface area contributed by atoms with Crippen LogP contribution >= 0.6 is 0 Å². The third kappa shape index (κ3) is 6.21. The van der Waals surface area contributed by atoms with Crippen molar-refractivity contribution in [3.05, 3.63) is 29.8 Å². The van der Waals surface area contributed by atoms with Crippen molar-refractivity contribution < 1.29 is 14.4 Å². The van der Waals surface area contributed by atoms with Gasteiger partial charge in [0.25, 0.3) is 0 Å². The van der Waals surface area contributed by atoms with Gasteiger partial charge in [-0.2, -0.15) is 0 Å². The number of anilines is 1. The Hall–Kier alpha value is -2.17. The van der Waals surface area contributed by atoms with Crippen LogP contribution in [0.5, 0.6) is 0 Å². The van der Waals surface area contributed by atoms with Crippen LogP contribution in [0.25, 0.3) is 0 Å². The van der Waals surface area contributed by atoms with Crippen LogP contribution in [0.1, 0.15) is 39.2 Å². The van der Waals surface area contributed by atoms with Crippen LogP contribution in [0.3, 0.4) is 0 Å². The Labute approximate surface area is 125 Å². The molecule has 5 heteroatoms. The monoisotopic (exact) mass is 290 g/mol. The summed E-state index contributed by atoms with van der Waals surface area (Å²) in [6, 6.07) is 6.43. The van der Waals surface area contributed by atoms with Gasteiger partial charge in [0.05, 0.1) is 6.04 Å². The molecule has 0 saturated heterocycles. The lowest BCUT2D eigenvalue weighted by Gasteiger charge is -2.16. The van der Waals surface area contributed by atoms with Crippen LogP contribution in [0.15, 0.2) is 24.3 Å². The molecule has 1 atom stereocenters. The highest BCUT2D eigenvalue weighted by atomic mass is 16.2. The maximum atomic E-state index is 11.9. The summed E-state index contributed by atoms with van der Waals surface area (Å²) in [5, 5.41) is 5.28. The molecule has 2 amide bonds. The number of benzene rings is 1. The lowest BCUT2D eigenvalue weighted by molar-refractivity contribution is -0.119. The minimum absolute atomic E-state index is 0.00128. The lowest BCUT2D eigenvalue weighted by Crippen LogP contribution is -2.42. The van der Waals surface area contributed by atoms with Crippen LogP contribution < -0.4 is 10.6 Å². The van der Waals surface area contributed by atoms with Crippen molar-refractivity contribution >= 4 is 23.3 Å². The highest BCUT2D eigenvalue weighted by Gasteiger charge is 2.17. The van der Waals surface area contributed by atoms with E-state index in [-0.39, 0.29) is 18.0 Å². The largest absolute Gasteiger partial charge is 0.328 e. The van der Waals surface area contributed by atoms with Gasteiger partial charge in [-0.1, -0.05) is 19.1 Å². The molecule has 0 aliphatic heterocycles. The van der Waals surface area contributed by atoms with Crippen molar-refractivity contribution in [3.63, 3.8) is 0 Å². The van der Waals surface area contributed by atoms with E-state index in [2.05, 4.69) is 17.6 Å². The zero-order valence-corrected chi connectivity index (χ0v) is 12.7. The van der Waals surface area contributed by atoms with Crippen molar-refractivity contribution in [2.45, 2.75) is 46.1 Å². The predicted octanol–water partition coefficient (Wildman–Crippen LogP) is 2.70. The number of carbonyl (C=O) groups excluding carboxylic acids is 3. The number of ketones is 2. The van der Waals surface area contributed by atoms with Gasteiger partial charge in [-0.3, -0.25) is 4.79 Å². The van der Waals surface area contributed by atoms with Gasteiger partial charge in [-0.05, 0) is 44.4 Å². The number of rotatable bonds is 7. The first-order chi connectivity index (χ1) is 9.92. The molecule has 0 spiro atoms. The molecule has 0 radical (unpaired) electrons. The second-order valence-corrected chi connectivity index (χ2v) is 5.05. The summed E-state index contributed by atoms with van der Waals surface area (Å²) in [7, 11) is 0. The number of hydrogen-bond donors (Lipinski definition) is 2. The van der Waals surface area contributed by atoms with E-state index >= 15 is 0 Å². The Morgan fingerprint density at radius 1 is 1.10 bits per heavy atom. The maximum Gasteiger partial charge on any atom is 0.319 e. The summed E-state index contributed by atoms with van der Waals surface area (Å²) in [6.07, 6.45) is 1.53. The average Bonchev–Trinajstić information content (AvgIpc) is 2.43. The van der Waals surface area contributed by atoms with Crippen LogP contribution in [-0.2, 0) is 16.0 Å². The number of carbonyl (C=O) groups is 3. The summed E-state index contributed by atoms with van der Waals surface area (Å²) in [4.78, 5) is 34.3. The van der Waals surface area contributed by atoms with Gasteiger partial charge < -0.3 is 15.4 Å². The molecule has 1 aromatic carbocycles. The highest BCUT2D eigenvalue weighted by Crippen LogP contribution is 2.10. The molecule has 1 rings (SSSR count). The Kier molecular flexibility index (Phi) is 6.59. The molecular weight excluding hydrogens is 268 g/mol. The van der Waals surface area contributed by atoms with Gasteiger partial charge in [-0.25, -0.2) is 4.79 Å². The van der Waals surface area contributed by atoms with Crippen LogP contribution in [-0.4, -0.2) is 23.6 Å². The van der Waals surface area contributed by atoms with Crippen LogP contribution in [0.2, 0.25) is 0 Å². The molecule has 2 N–H and O–H groups in total. The summed E-state index contributed by atoms with van der Waals surface area (Å²) < 4.78 is 0. The molecule has 0 aromatic heterocycles. The number of amides is 2. The van der Waals surface area contributed by atoms with Gasteiger partial charge in [-0.15, -0.1) is 0 Å². The van der Waals surface area contributed by atoms with E-state index in [4.69, 9.17) is 0 Å². The molecule has 1 unspecified atom stereocenters. The first-order valence-corrected chi connectivity index (χ1v) is 7.08. The van der Waals surface area contributed by atoms with E-state index in [1.54, 1.807) is 0 Å². The molecule has 0 aliphatic carbocycles. The fraction of sp³-hybridized carbons (Fsp3) is 0.438. The summed E-state index contributed by atoms with van der Waals surface area (Å²) in [5.74, 6) is -0.161. The van der Waals surface area contributed by atoms with Gasteiger partial charge >= 0.3 is 6.03 Å². The molecule has 0 saturated carbocycles. The number of nitrogens with one attached hydrogen (secondary N) is 2. The molecule has 5 nitrogen and oxygen atoms in total. The first kappa shape index (κ1) is 16.9. The summed E-state index contributed by atoms with van der Waals surface area (Å²) in [5.41, 5.74) is 1.85. The topological polar surface area (TPSA) is 75.3 Å². The molecule has 1 aromatic rings. The van der Waals surface area contributed by atoms with Gasteiger partial charge in [0.15, 0.2) is 5.78 Å². The van der Waals surface area contributed by atoms with Crippen LogP contribution in [0.4, 0.5) is 10.5 Å². The molecule has 0 bridgehead atoms. The maximum absolute atomic E-state index is 11.9. The number of urea groups is 1. The van der Waals surface area contributed by atoms with E-state index in [0.717, 1.165) is 6.42 Å². The fourth-order valence-electron chi connectivity index (χ4n) is 1.87. The Morgan fingerprint density at radius 2 is 1.71 bits per heavy atom. The molecule has 0 aliphatic rings. The smallest absolute Gasteiger partial charge is 0.319 e. The second kappa shape index (κ2) is 8.19. The van der Waals surface area contributed by atoms with Crippen molar-refractivity contribution in [1.29, 1.82) is 0 Å². The minimum Gasteiger partial charge on any atom is -0.328 e. The number of Topliss-reactive ketones (excluding diaryl/α,β-unsaturated/α-hetero) is 2. The van der Waals surface area contributed by atoms with Crippen molar-refractivity contribution in [3.8, 4) is 0 Å². The SMILES string of the molecule is CCc1ccc(NC(=O)NC(CCC(C)=O)C(C)=O)cc1. The van der Waals surface area contributed by atoms with E-state index in [1.807, 2.05) is 24.3 Å². The van der Waals surface area contributed by atoms with Crippen molar-refractivity contribution in [2.75, 3.05) is 5.32 Å². The number of hydrogen-bond acceptors (Lipinski definition) is 3. The Balaban J connectivity index is 2.56. The van der Waals surface area contributed by atoms with E-state index in [1.165, 1.54) is 19.4 Å². The molecule has 114 valence electrons. The zero-order chi connectivity index (χ0) is 15.8. The molecule has 21 heavy (non-hydrogen) atoms. The van der Waals surface area contributed by atoms with Gasteiger partial charge in [0, 0.05) is 12.1 Å². The predicted molar refractivity (Wildman–Crippen MR) is 82.4 cm³/mol. The van der Waals surface area contributed by atoms with E-state index in [0.29, 0.717) is 12.1 Å². The minimum atomic E-state index is -0.635. The lowest BCUT2D eigenvalue weighted by atomic mass is 10.1. The summed E-state index contributed by atoms with van der Waals surface area (Å²) >= 11 is 0. The third-order valence-corrected chi connectivity index (χ3v) is 3.20. The Morgan fingerprint density at radius 3 is 2.19 bits per heavy atom. The second-order valence-electron chi connectivity index (χ2n) is 5.05. The number of aryl methyl sites for hydroxylation is 1. The Bertz CT molecular complexity index is 509. The van der Waals surface area contributed by atoms with Crippen molar-refractivity contribution in [1.82, 2.24) is 5.32 Å². The standard InChI is InChI=1S/C16H22N2O3/c1-4-13-6-8-14(9-7-13)17-16(21)18-15(12(3)20)10-5-11(2)19/h6-9,15H,4-5,10H2,1-3H3,(H2,17,18,21). The van der Waals surface area contributed by atoms with E-state index < -0.39 is 12.1 Å². The average molecular weight is 290 g/mol. The highest BCUT2D eigenvalue weighted by molar-refractivity contribution is 5.93. The van der Waals surface area contributed by atoms with Crippen LogP contribution in [0, 0.1) is 0 Å². The third-order valence-electron chi connectivity index (χ3n) is 3.20. The van der Waals surface area contributed by atoms with Gasteiger partial charge in [0.2, 0.25) is 0 Å². The quantitative estimate of drug-likeness (QED) is 0.810. The first-order valence-electron chi connectivity index (χ1n) is 7.08. The van der Waals surface area contributed by atoms with Gasteiger partial charge in [0.1, 0.15) is 5.78 Å². The molecule has 0 fully saturated rings. The zero-order valence-electron chi connectivity index (χ0n) is 12.7. The van der Waals surface area contributed by atoms with Crippen molar-refractivity contribution in [2.24, 2.45) is 0 Å². The summed E-state index contributed by atoms with van der Waals surface area (Å²) in [6.45, 7) is 4.93. The van der Waals surface area contributed by atoms with E-state index in [9.17, 15) is 14.4 Å². The normalized spacial score (nSPS) is 11.6.